The molecule has 226 valence electrons. The van der Waals surface area contributed by atoms with Crippen molar-refractivity contribution in [2.45, 2.75) is 49.6 Å². The molecule has 1 aliphatic carbocycles. The number of carbonyl (C=O) groups is 1. The van der Waals surface area contributed by atoms with Crippen molar-refractivity contribution in [3.05, 3.63) is 76.2 Å². The number of amides is 1. The summed E-state index contributed by atoms with van der Waals surface area (Å²) in [5.41, 5.74) is 0.399. The lowest BCUT2D eigenvalue weighted by Crippen LogP contribution is -2.51. The smallest absolute Gasteiger partial charge is 0.424 e. The number of nitrogens with one attached hydrogen (secondary N) is 1. The predicted molar refractivity (Wildman–Crippen MR) is 141 cm³/mol. The number of alkyl halides is 5. The number of aromatic nitrogens is 1. The number of nitrogens with two attached hydrogens (primary N) is 1. The van der Waals surface area contributed by atoms with Gasteiger partial charge < -0.3 is 25.6 Å². The molecule has 0 bridgehead atoms. The molecule has 1 heterocycles. The quantitative estimate of drug-likeness (QED) is 0.266. The fourth-order valence-electron chi connectivity index (χ4n) is 3.94. The van der Waals surface area contributed by atoms with Crippen LogP contribution in [0.3, 0.4) is 0 Å². The highest BCUT2D eigenvalue weighted by Crippen LogP contribution is 2.46. The van der Waals surface area contributed by atoms with Crippen LogP contribution >= 0.6 is 11.6 Å². The van der Waals surface area contributed by atoms with Crippen molar-refractivity contribution >= 4 is 17.5 Å². The summed E-state index contributed by atoms with van der Waals surface area (Å²) in [6.07, 6.45) is -7.18. The SMILES string of the molecule is COc1cc(C(=O)NCC(O)(c2cc(C(C)(C)N)cc(-c3ccc(F)c(Cl)c3)n2)C(F)(F)F)ccc1OC1CC1(F)F. The minimum atomic E-state index is -5.34. The Kier molecular flexibility index (Phi) is 8.17. The van der Waals surface area contributed by atoms with E-state index in [1.165, 1.54) is 39.2 Å². The van der Waals surface area contributed by atoms with Gasteiger partial charge in [-0.2, -0.15) is 13.2 Å². The third-order valence-electron chi connectivity index (χ3n) is 6.65. The minimum absolute atomic E-state index is 0.0816. The van der Waals surface area contributed by atoms with Gasteiger partial charge >= 0.3 is 6.18 Å². The van der Waals surface area contributed by atoms with Gasteiger partial charge in [0, 0.05) is 16.7 Å². The van der Waals surface area contributed by atoms with Crippen molar-refractivity contribution in [2.24, 2.45) is 5.73 Å². The summed E-state index contributed by atoms with van der Waals surface area (Å²) in [5.74, 6) is -4.97. The Labute approximate surface area is 241 Å². The normalized spacial score (nSPS) is 17.8. The number of hydrogen-bond acceptors (Lipinski definition) is 6. The van der Waals surface area contributed by atoms with E-state index in [9.17, 15) is 36.2 Å². The summed E-state index contributed by atoms with van der Waals surface area (Å²) in [4.78, 5) is 16.9. The Hall–Kier alpha value is -3.55. The molecule has 0 saturated heterocycles. The van der Waals surface area contributed by atoms with E-state index in [-0.39, 0.29) is 38.9 Å². The summed E-state index contributed by atoms with van der Waals surface area (Å²) in [6.45, 7) is 1.68. The Morgan fingerprint density at radius 3 is 2.36 bits per heavy atom. The number of hydrogen-bond donors (Lipinski definition) is 3. The van der Waals surface area contributed by atoms with E-state index in [2.05, 4.69) is 4.98 Å². The van der Waals surface area contributed by atoms with Gasteiger partial charge in [-0.05, 0) is 67.9 Å². The molecular weight excluding hydrogens is 592 g/mol. The molecule has 0 aliphatic heterocycles. The monoisotopic (exact) mass is 617 g/mol. The molecule has 1 aliphatic rings. The van der Waals surface area contributed by atoms with E-state index in [4.69, 9.17) is 26.8 Å². The lowest BCUT2D eigenvalue weighted by Gasteiger charge is -2.32. The van der Waals surface area contributed by atoms with Gasteiger partial charge in [-0.15, -0.1) is 0 Å². The van der Waals surface area contributed by atoms with Crippen molar-refractivity contribution in [1.29, 1.82) is 0 Å². The first-order valence-corrected chi connectivity index (χ1v) is 12.8. The Morgan fingerprint density at radius 2 is 1.81 bits per heavy atom. The van der Waals surface area contributed by atoms with E-state index in [0.717, 1.165) is 30.3 Å². The van der Waals surface area contributed by atoms with Crippen molar-refractivity contribution in [2.75, 3.05) is 13.7 Å². The van der Waals surface area contributed by atoms with Gasteiger partial charge in [0.05, 0.1) is 36.5 Å². The second-order valence-corrected chi connectivity index (χ2v) is 10.9. The van der Waals surface area contributed by atoms with Crippen molar-refractivity contribution < 1.29 is 45.7 Å². The molecule has 1 aromatic heterocycles. The number of carbonyl (C=O) groups excluding carboxylic acids is 1. The first-order chi connectivity index (χ1) is 19.4. The maximum absolute atomic E-state index is 14.4. The van der Waals surface area contributed by atoms with E-state index in [1.807, 2.05) is 5.32 Å². The number of halogens is 7. The number of pyridine rings is 1. The van der Waals surface area contributed by atoms with Crippen LogP contribution in [0, 0.1) is 5.82 Å². The molecule has 1 amide bonds. The van der Waals surface area contributed by atoms with Gasteiger partial charge in [-0.1, -0.05) is 11.6 Å². The van der Waals surface area contributed by atoms with Crippen molar-refractivity contribution in [3.63, 3.8) is 0 Å². The second-order valence-electron chi connectivity index (χ2n) is 10.5. The second kappa shape index (κ2) is 10.9. The van der Waals surface area contributed by atoms with Crippen LogP contribution in [0.15, 0.2) is 48.5 Å². The maximum Gasteiger partial charge on any atom is 0.424 e. The molecule has 1 saturated carbocycles. The van der Waals surface area contributed by atoms with Crippen LogP contribution in [0.2, 0.25) is 5.02 Å². The van der Waals surface area contributed by atoms with Crippen LogP contribution in [0.4, 0.5) is 26.3 Å². The van der Waals surface area contributed by atoms with Gasteiger partial charge in [-0.25, -0.2) is 18.2 Å². The zero-order valence-electron chi connectivity index (χ0n) is 22.5. The van der Waals surface area contributed by atoms with E-state index < -0.39 is 59.7 Å². The molecule has 4 N–H and O–H groups in total. The van der Waals surface area contributed by atoms with E-state index in [0.29, 0.717) is 0 Å². The minimum Gasteiger partial charge on any atom is -0.493 e. The summed E-state index contributed by atoms with van der Waals surface area (Å²) < 4.78 is 93.8. The molecule has 7 nitrogen and oxygen atoms in total. The topological polar surface area (TPSA) is 107 Å². The lowest BCUT2D eigenvalue weighted by molar-refractivity contribution is -0.265. The molecule has 2 atom stereocenters. The summed E-state index contributed by atoms with van der Waals surface area (Å²) in [7, 11) is 1.20. The van der Waals surface area contributed by atoms with E-state index >= 15 is 0 Å². The molecule has 1 fully saturated rings. The van der Waals surface area contributed by atoms with Crippen LogP contribution in [-0.2, 0) is 11.1 Å². The number of benzene rings is 2. The van der Waals surface area contributed by atoms with Gasteiger partial charge in [-0.3, -0.25) is 4.79 Å². The van der Waals surface area contributed by atoms with Crippen molar-refractivity contribution in [3.8, 4) is 22.8 Å². The van der Waals surface area contributed by atoms with E-state index in [1.54, 1.807) is 0 Å². The molecule has 0 spiro atoms. The zero-order valence-corrected chi connectivity index (χ0v) is 23.2. The molecule has 42 heavy (non-hydrogen) atoms. The highest BCUT2D eigenvalue weighted by molar-refractivity contribution is 6.31. The standard InChI is InChI=1S/C28H26ClF6N3O4/c1-25(2,36)16-10-19(14-4-6-18(30)17(29)8-14)38-22(11-16)26(40,28(33,34)35)13-37-24(39)15-5-7-20(21(9-15)41-3)42-23-12-27(23,31)32/h4-11,23,40H,12-13,36H2,1-3H3,(H,37,39). The Bertz CT molecular complexity index is 1510. The van der Waals surface area contributed by atoms with Crippen LogP contribution in [0.25, 0.3) is 11.3 Å². The molecule has 14 heteroatoms. The fraction of sp³-hybridized carbons (Fsp3) is 0.357. The van der Waals surface area contributed by atoms with Gasteiger partial charge in [0.25, 0.3) is 11.8 Å². The number of rotatable bonds is 9. The Balaban J connectivity index is 1.66. The lowest BCUT2D eigenvalue weighted by atomic mass is 9.89. The molecular formula is C28H26ClF6N3O4. The number of ether oxygens (including phenoxy) is 2. The molecule has 2 unspecified atom stereocenters. The molecule has 2 aromatic carbocycles. The third-order valence-corrected chi connectivity index (χ3v) is 6.94. The summed E-state index contributed by atoms with van der Waals surface area (Å²) in [5, 5.41) is 12.8. The van der Waals surface area contributed by atoms with Crippen LogP contribution in [0.1, 0.15) is 41.9 Å². The van der Waals surface area contributed by atoms with Crippen LogP contribution in [0.5, 0.6) is 11.5 Å². The number of methoxy groups -OCH3 is 1. The van der Waals surface area contributed by atoms with Gasteiger partial charge in [0.15, 0.2) is 17.6 Å². The van der Waals surface area contributed by atoms with Crippen LogP contribution < -0.4 is 20.5 Å². The Morgan fingerprint density at radius 1 is 1.14 bits per heavy atom. The van der Waals surface area contributed by atoms with Gasteiger partial charge in [0.2, 0.25) is 5.60 Å². The largest absolute Gasteiger partial charge is 0.493 e. The third kappa shape index (κ3) is 6.42. The molecule has 3 aromatic rings. The van der Waals surface area contributed by atoms with Gasteiger partial charge in [0.1, 0.15) is 5.82 Å². The fourth-order valence-corrected chi connectivity index (χ4v) is 4.12. The molecule has 0 radical (unpaired) electrons. The first kappa shape index (κ1) is 31.4. The van der Waals surface area contributed by atoms with Crippen molar-refractivity contribution in [1.82, 2.24) is 10.3 Å². The number of aliphatic hydroxyl groups is 1. The predicted octanol–water partition coefficient (Wildman–Crippen LogP) is 5.71. The first-order valence-electron chi connectivity index (χ1n) is 12.4. The highest BCUT2D eigenvalue weighted by atomic mass is 35.5. The average molecular weight is 618 g/mol. The highest BCUT2D eigenvalue weighted by Gasteiger charge is 2.60. The number of nitrogens with zero attached hydrogens (tertiary/aromatic N) is 1. The average Bonchev–Trinajstić information content (AvgIpc) is 3.52. The summed E-state index contributed by atoms with van der Waals surface area (Å²) >= 11 is 5.86. The molecule has 4 rings (SSSR count). The van der Waals surface area contributed by atoms with Crippen LogP contribution in [-0.4, -0.2) is 47.9 Å². The summed E-state index contributed by atoms with van der Waals surface area (Å²) in [6, 6.07) is 9.20. The zero-order chi connectivity index (χ0) is 31.3. The maximum atomic E-state index is 14.4.